The van der Waals surface area contributed by atoms with E-state index in [1.165, 1.54) is 12.3 Å². The molecule has 1 rings (SSSR count). The van der Waals surface area contributed by atoms with Crippen molar-refractivity contribution in [2.45, 2.75) is 0 Å². The number of rotatable bonds is 4. The summed E-state index contributed by atoms with van der Waals surface area (Å²) in [5.74, 6) is -0.150. The molecule has 0 unspecified atom stereocenters. The van der Waals surface area contributed by atoms with Crippen LogP contribution < -0.4 is 0 Å². The second-order valence-electron chi connectivity index (χ2n) is 3.19. The van der Waals surface area contributed by atoms with E-state index in [1.807, 2.05) is 4.90 Å². The molecule has 0 aromatic rings. The third-order valence-corrected chi connectivity index (χ3v) is 2.05. The Morgan fingerprint density at radius 2 is 2.06 bits per heavy atom. The lowest BCUT2D eigenvalue weighted by atomic mass is 10.5. The summed E-state index contributed by atoms with van der Waals surface area (Å²) >= 11 is 0. The molecule has 0 radical (unpaired) electrons. The van der Waals surface area contributed by atoms with Gasteiger partial charge < -0.3 is 14.6 Å². The summed E-state index contributed by atoms with van der Waals surface area (Å²) in [7, 11) is 0. The lowest BCUT2D eigenvalue weighted by Crippen LogP contribution is -2.53. The van der Waals surface area contributed by atoms with E-state index < -0.39 is 0 Å². The van der Waals surface area contributed by atoms with Gasteiger partial charge in [-0.3, -0.25) is 4.79 Å². The van der Waals surface area contributed by atoms with Crippen LogP contribution in [0.1, 0.15) is 0 Å². The van der Waals surface area contributed by atoms with Crippen LogP contribution in [-0.2, 0) is 9.63 Å². The number of hydroxylamine groups is 2. The molecule has 0 aromatic carbocycles. The fourth-order valence-electron chi connectivity index (χ4n) is 1.31. The average molecular weight is 221 g/mol. The minimum atomic E-state index is -0.150. The molecule has 0 atom stereocenters. The molecular weight excluding hydrogens is 206 g/mol. The van der Waals surface area contributed by atoms with Crippen molar-refractivity contribution in [1.82, 2.24) is 14.9 Å². The Balaban J connectivity index is 2.67. The molecule has 0 aromatic heterocycles. The van der Waals surface area contributed by atoms with Crippen molar-refractivity contribution in [2.24, 2.45) is 0 Å². The van der Waals surface area contributed by atoms with Crippen molar-refractivity contribution in [3.05, 3.63) is 44.0 Å². The van der Waals surface area contributed by atoms with Crippen LogP contribution in [-0.4, -0.2) is 40.8 Å². The molecule has 1 aliphatic heterocycles. The van der Waals surface area contributed by atoms with E-state index in [9.17, 15) is 4.79 Å². The summed E-state index contributed by atoms with van der Waals surface area (Å²) in [6.07, 6.45) is 4.26. The van der Waals surface area contributed by atoms with Crippen LogP contribution in [0.2, 0.25) is 0 Å². The standard InChI is InChI=1S/C11H15N3O2/c1-4-7-16-14-9-12(6-3)8-13(10-14)11(15)5-2/h5-7H,1-3,8-10H2. The van der Waals surface area contributed by atoms with Crippen molar-refractivity contribution in [2.75, 3.05) is 20.0 Å². The first-order valence-electron chi connectivity index (χ1n) is 4.75. The molecule has 1 amide bonds. The highest BCUT2D eigenvalue weighted by Crippen LogP contribution is 2.08. The van der Waals surface area contributed by atoms with Gasteiger partial charge in [0.1, 0.15) is 13.3 Å². The SMILES string of the molecule is C=C=CON1CN(C=C)CN(C(=O)C=C)C1. The monoisotopic (exact) mass is 221 g/mol. The van der Waals surface area contributed by atoms with Gasteiger partial charge in [0.05, 0.1) is 6.67 Å². The van der Waals surface area contributed by atoms with Gasteiger partial charge in [0.2, 0.25) is 5.91 Å². The Kier molecular flexibility index (Phi) is 4.39. The number of hydrogen-bond donors (Lipinski definition) is 0. The lowest BCUT2D eigenvalue weighted by molar-refractivity contribution is -0.192. The normalized spacial score (nSPS) is 16.2. The topological polar surface area (TPSA) is 36.0 Å². The van der Waals surface area contributed by atoms with Crippen LogP contribution in [0.5, 0.6) is 0 Å². The smallest absolute Gasteiger partial charge is 0.248 e. The zero-order chi connectivity index (χ0) is 12.0. The fourth-order valence-corrected chi connectivity index (χ4v) is 1.31. The molecule has 0 spiro atoms. The molecule has 5 nitrogen and oxygen atoms in total. The van der Waals surface area contributed by atoms with E-state index in [-0.39, 0.29) is 5.91 Å². The van der Waals surface area contributed by atoms with Crippen LogP contribution in [0, 0.1) is 0 Å². The maximum Gasteiger partial charge on any atom is 0.248 e. The zero-order valence-electron chi connectivity index (χ0n) is 9.13. The number of carbonyl (C=O) groups excluding carboxylic acids is 1. The van der Waals surface area contributed by atoms with Crippen molar-refractivity contribution < 1.29 is 9.63 Å². The van der Waals surface area contributed by atoms with Gasteiger partial charge in [-0.05, 0) is 12.3 Å². The molecule has 0 aliphatic carbocycles. The molecule has 0 saturated carbocycles. The van der Waals surface area contributed by atoms with Gasteiger partial charge in [-0.15, -0.1) is 5.06 Å². The summed E-state index contributed by atoms with van der Waals surface area (Å²) in [4.78, 5) is 20.1. The molecule has 1 saturated heterocycles. The summed E-state index contributed by atoms with van der Waals surface area (Å²) in [6, 6.07) is 0. The second kappa shape index (κ2) is 5.80. The molecule has 1 aliphatic rings. The molecule has 1 fully saturated rings. The Morgan fingerprint density at radius 3 is 2.62 bits per heavy atom. The third kappa shape index (κ3) is 3.02. The fraction of sp³-hybridized carbons (Fsp3) is 0.273. The van der Waals surface area contributed by atoms with Gasteiger partial charge in [0, 0.05) is 0 Å². The number of nitrogens with zero attached hydrogens (tertiary/aromatic N) is 3. The molecule has 5 heteroatoms. The highest BCUT2D eigenvalue weighted by Gasteiger charge is 2.24. The van der Waals surface area contributed by atoms with E-state index in [2.05, 4.69) is 25.5 Å². The molecule has 86 valence electrons. The summed E-state index contributed by atoms with van der Waals surface area (Å²) in [5.41, 5.74) is 2.50. The Bertz CT molecular complexity index is 334. The van der Waals surface area contributed by atoms with E-state index in [4.69, 9.17) is 4.84 Å². The highest BCUT2D eigenvalue weighted by molar-refractivity contribution is 5.86. The maximum absolute atomic E-state index is 11.5. The Morgan fingerprint density at radius 1 is 1.31 bits per heavy atom. The molecule has 0 bridgehead atoms. The summed E-state index contributed by atoms with van der Waals surface area (Å²) < 4.78 is 0. The minimum absolute atomic E-state index is 0.150. The van der Waals surface area contributed by atoms with E-state index in [1.54, 1.807) is 16.2 Å². The predicted molar refractivity (Wildman–Crippen MR) is 60.3 cm³/mol. The Hall–Kier alpha value is -1.97. The van der Waals surface area contributed by atoms with Crippen LogP contribution in [0.3, 0.4) is 0 Å². The maximum atomic E-state index is 11.5. The van der Waals surface area contributed by atoms with Crippen LogP contribution in [0.4, 0.5) is 0 Å². The zero-order valence-corrected chi connectivity index (χ0v) is 9.13. The highest BCUT2D eigenvalue weighted by atomic mass is 16.7. The first-order valence-corrected chi connectivity index (χ1v) is 4.75. The number of hydrogen-bond acceptors (Lipinski definition) is 4. The quantitative estimate of drug-likeness (QED) is 0.401. The molecular formula is C11H15N3O2. The minimum Gasteiger partial charge on any atom is -0.402 e. The van der Waals surface area contributed by atoms with E-state index in [0.29, 0.717) is 20.0 Å². The lowest BCUT2D eigenvalue weighted by Gasteiger charge is -2.39. The third-order valence-electron chi connectivity index (χ3n) is 2.05. The Labute approximate surface area is 95.1 Å². The van der Waals surface area contributed by atoms with Gasteiger partial charge >= 0.3 is 0 Å². The van der Waals surface area contributed by atoms with Crippen molar-refractivity contribution >= 4 is 5.91 Å². The first-order chi connectivity index (χ1) is 7.71. The second-order valence-corrected chi connectivity index (χ2v) is 3.19. The van der Waals surface area contributed by atoms with Crippen LogP contribution in [0.15, 0.2) is 44.0 Å². The molecule has 1 heterocycles. The molecule has 0 N–H and O–H groups in total. The first kappa shape index (κ1) is 12.1. The van der Waals surface area contributed by atoms with Gasteiger partial charge in [-0.2, -0.15) is 0 Å². The van der Waals surface area contributed by atoms with Gasteiger partial charge in [-0.1, -0.05) is 25.5 Å². The van der Waals surface area contributed by atoms with Gasteiger partial charge in [0.15, 0.2) is 6.26 Å². The van der Waals surface area contributed by atoms with E-state index in [0.717, 1.165) is 0 Å². The number of amides is 1. The van der Waals surface area contributed by atoms with Crippen molar-refractivity contribution in [3.8, 4) is 0 Å². The van der Waals surface area contributed by atoms with E-state index >= 15 is 0 Å². The largest absolute Gasteiger partial charge is 0.402 e. The average Bonchev–Trinajstić information content (AvgIpc) is 2.34. The van der Waals surface area contributed by atoms with Crippen molar-refractivity contribution in [1.29, 1.82) is 0 Å². The molecule has 16 heavy (non-hydrogen) atoms. The summed E-state index contributed by atoms with van der Waals surface area (Å²) in [5, 5.41) is 1.59. The summed E-state index contributed by atoms with van der Waals surface area (Å²) in [6.45, 7) is 11.9. The van der Waals surface area contributed by atoms with Gasteiger partial charge in [-0.25, -0.2) is 0 Å². The van der Waals surface area contributed by atoms with Crippen LogP contribution >= 0.6 is 0 Å². The number of carbonyl (C=O) groups is 1. The predicted octanol–water partition coefficient (Wildman–Crippen LogP) is 0.865. The van der Waals surface area contributed by atoms with Gasteiger partial charge in [0.25, 0.3) is 0 Å². The van der Waals surface area contributed by atoms with Crippen LogP contribution in [0.25, 0.3) is 0 Å². The van der Waals surface area contributed by atoms with Crippen molar-refractivity contribution in [3.63, 3.8) is 0 Å².